The second-order valence-electron chi connectivity index (χ2n) is 5.52. The molecule has 0 amide bonds. The summed E-state index contributed by atoms with van der Waals surface area (Å²) in [5, 5.41) is 10.4. The van der Waals surface area contributed by atoms with E-state index >= 15 is 0 Å². The van der Waals surface area contributed by atoms with Crippen molar-refractivity contribution < 1.29 is 14.7 Å². The maximum atomic E-state index is 12.6. The molecule has 0 fully saturated rings. The Bertz CT molecular complexity index is 901. The lowest BCUT2D eigenvalue weighted by Gasteiger charge is -2.03. The lowest BCUT2D eigenvalue weighted by Crippen LogP contribution is -2.38. The smallest absolute Gasteiger partial charge is 0.284 e. The first-order valence-electron chi connectivity index (χ1n) is 7.11. The normalized spacial score (nSPS) is 10.9. The van der Waals surface area contributed by atoms with Crippen molar-refractivity contribution in [2.24, 2.45) is 0 Å². The van der Waals surface area contributed by atoms with Gasteiger partial charge in [0.1, 0.15) is 5.52 Å². The molecule has 0 saturated carbocycles. The van der Waals surface area contributed by atoms with E-state index in [2.05, 4.69) is 4.98 Å². The summed E-state index contributed by atoms with van der Waals surface area (Å²) in [5.74, 6) is -0.215. The summed E-state index contributed by atoms with van der Waals surface area (Å²) >= 11 is 0. The lowest BCUT2D eigenvalue weighted by atomic mass is 10.0. The molecule has 110 valence electrons. The summed E-state index contributed by atoms with van der Waals surface area (Å²) in [6.07, 6.45) is 0. The van der Waals surface area contributed by atoms with Gasteiger partial charge in [-0.1, -0.05) is 12.1 Å². The Morgan fingerprint density at radius 3 is 2.50 bits per heavy atom. The Hall–Kier alpha value is -2.75. The van der Waals surface area contributed by atoms with Gasteiger partial charge in [0.15, 0.2) is 0 Å². The fourth-order valence-electron chi connectivity index (χ4n) is 2.43. The first-order chi connectivity index (χ1) is 10.5. The molecule has 4 heteroatoms. The monoisotopic (exact) mass is 293 g/mol. The van der Waals surface area contributed by atoms with Crippen molar-refractivity contribution in [1.82, 2.24) is 4.98 Å². The Labute approximate surface area is 128 Å². The van der Waals surface area contributed by atoms with Gasteiger partial charge < -0.3 is 0 Å². The molecule has 3 aromatic rings. The molecule has 2 heterocycles. The third-order valence-electron chi connectivity index (χ3n) is 3.90. The first-order valence-corrected chi connectivity index (χ1v) is 7.11. The molecule has 0 aliphatic heterocycles. The predicted molar refractivity (Wildman–Crippen MR) is 83.2 cm³/mol. The highest BCUT2D eigenvalue weighted by Gasteiger charge is 2.24. The van der Waals surface area contributed by atoms with Crippen LogP contribution in [0.4, 0.5) is 0 Å². The molecule has 3 rings (SSSR count). The minimum Gasteiger partial charge on any atom is -0.284 e. The van der Waals surface area contributed by atoms with Crippen molar-refractivity contribution >= 4 is 16.8 Å². The quantitative estimate of drug-likeness (QED) is 0.449. The molecular formula is C18H17N2O2+. The average Bonchev–Trinajstić information content (AvgIpc) is 2.49. The number of hydrogen-bond acceptors (Lipinski definition) is 3. The molecule has 22 heavy (non-hydrogen) atoms. The largest absolute Gasteiger partial charge is 0.305 e. The number of aryl methyl sites for hydroxylation is 3. The zero-order valence-corrected chi connectivity index (χ0v) is 12.8. The lowest BCUT2D eigenvalue weighted by molar-refractivity contribution is -0.885. The molecule has 0 aliphatic carbocycles. The average molecular weight is 293 g/mol. The van der Waals surface area contributed by atoms with Gasteiger partial charge in [0.2, 0.25) is 0 Å². The number of pyridine rings is 2. The van der Waals surface area contributed by atoms with Crippen molar-refractivity contribution in [3.05, 3.63) is 70.5 Å². The van der Waals surface area contributed by atoms with E-state index in [4.69, 9.17) is 0 Å². The summed E-state index contributed by atoms with van der Waals surface area (Å²) in [4.78, 5) is 17.0. The number of ketones is 1. The Morgan fingerprint density at radius 1 is 1.00 bits per heavy atom. The van der Waals surface area contributed by atoms with E-state index in [1.165, 1.54) is 0 Å². The zero-order chi connectivity index (χ0) is 15.9. The minimum absolute atomic E-state index is 0.215. The topological polar surface area (TPSA) is 54.1 Å². The maximum Gasteiger partial charge on any atom is 0.305 e. The van der Waals surface area contributed by atoms with Gasteiger partial charge in [0, 0.05) is 28.1 Å². The summed E-state index contributed by atoms with van der Waals surface area (Å²) in [7, 11) is 0. The molecule has 4 nitrogen and oxygen atoms in total. The minimum atomic E-state index is -0.215. The number of rotatable bonds is 2. The number of aromatic nitrogens is 2. The van der Waals surface area contributed by atoms with E-state index < -0.39 is 0 Å². The van der Waals surface area contributed by atoms with Crippen molar-refractivity contribution in [3.8, 4) is 0 Å². The number of carbonyl (C=O) groups is 1. The molecule has 1 aromatic carbocycles. The molecule has 0 aliphatic rings. The number of carbonyl (C=O) groups excluding carboxylic acids is 1. The molecule has 0 atom stereocenters. The van der Waals surface area contributed by atoms with Crippen LogP contribution in [0, 0.1) is 20.8 Å². The van der Waals surface area contributed by atoms with Gasteiger partial charge in [-0.3, -0.25) is 10.0 Å². The van der Waals surface area contributed by atoms with Crippen LogP contribution in [-0.2, 0) is 0 Å². The Balaban J connectivity index is 2.13. The standard InChI is InChI=1S/C18H17N2O2/c1-11-4-6-14(10-12(11)2)18(21)17-9-7-15-16(20(17)22)8-5-13(3)19-15/h4-10,22H,1-3H3/q+1. The van der Waals surface area contributed by atoms with Crippen LogP contribution in [0.15, 0.2) is 42.5 Å². The number of hydrogen-bond donors (Lipinski definition) is 1. The summed E-state index contributed by atoms with van der Waals surface area (Å²) in [5.41, 5.74) is 4.99. The number of nitrogens with zero attached hydrogens (tertiary/aromatic N) is 2. The third-order valence-corrected chi connectivity index (χ3v) is 3.90. The van der Waals surface area contributed by atoms with E-state index in [0.717, 1.165) is 21.6 Å². The number of benzene rings is 1. The van der Waals surface area contributed by atoms with Crippen molar-refractivity contribution in [2.75, 3.05) is 0 Å². The molecule has 2 aromatic heterocycles. The highest BCUT2D eigenvalue weighted by molar-refractivity contribution is 6.07. The van der Waals surface area contributed by atoms with E-state index in [9.17, 15) is 10.0 Å². The van der Waals surface area contributed by atoms with E-state index in [0.29, 0.717) is 16.6 Å². The Morgan fingerprint density at radius 2 is 1.77 bits per heavy atom. The van der Waals surface area contributed by atoms with Gasteiger partial charge in [-0.25, -0.2) is 4.98 Å². The van der Waals surface area contributed by atoms with Crippen LogP contribution in [0.25, 0.3) is 11.0 Å². The zero-order valence-electron chi connectivity index (χ0n) is 12.8. The highest BCUT2D eigenvalue weighted by Crippen LogP contribution is 2.15. The first kappa shape index (κ1) is 14.2. The van der Waals surface area contributed by atoms with E-state index in [1.807, 2.05) is 32.9 Å². The SMILES string of the molecule is Cc1ccc2c(ccc(C(=O)c3ccc(C)c(C)c3)[n+]2O)n1. The van der Waals surface area contributed by atoms with Crippen LogP contribution >= 0.6 is 0 Å². The van der Waals surface area contributed by atoms with Gasteiger partial charge in [0.05, 0.1) is 0 Å². The molecule has 1 N–H and O–H groups in total. The second kappa shape index (κ2) is 5.22. The van der Waals surface area contributed by atoms with Gasteiger partial charge in [-0.15, -0.1) is 0 Å². The molecule has 0 radical (unpaired) electrons. The van der Waals surface area contributed by atoms with Gasteiger partial charge in [-0.2, -0.15) is 0 Å². The fraction of sp³-hybridized carbons (Fsp3) is 0.167. The van der Waals surface area contributed by atoms with Crippen molar-refractivity contribution in [1.29, 1.82) is 0 Å². The van der Waals surface area contributed by atoms with Gasteiger partial charge in [-0.05, 0) is 50.1 Å². The number of fused-ring (bicyclic) bond motifs is 1. The van der Waals surface area contributed by atoms with Crippen LogP contribution in [0.3, 0.4) is 0 Å². The van der Waals surface area contributed by atoms with Crippen LogP contribution < -0.4 is 4.73 Å². The third kappa shape index (κ3) is 2.33. The summed E-state index contributed by atoms with van der Waals surface area (Å²) in [6, 6.07) is 12.5. The molecule has 0 unspecified atom stereocenters. The maximum absolute atomic E-state index is 12.6. The van der Waals surface area contributed by atoms with Gasteiger partial charge in [0.25, 0.3) is 11.3 Å². The molecule has 0 bridgehead atoms. The second-order valence-corrected chi connectivity index (χ2v) is 5.52. The van der Waals surface area contributed by atoms with Crippen molar-refractivity contribution in [3.63, 3.8) is 0 Å². The van der Waals surface area contributed by atoms with Gasteiger partial charge >= 0.3 is 5.69 Å². The van der Waals surface area contributed by atoms with E-state index in [1.54, 1.807) is 30.3 Å². The summed E-state index contributed by atoms with van der Waals surface area (Å²) in [6.45, 7) is 5.85. The fourth-order valence-corrected chi connectivity index (χ4v) is 2.43. The highest BCUT2D eigenvalue weighted by atomic mass is 16.5. The summed E-state index contributed by atoms with van der Waals surface area (Å²) < 4.78 is 0.916. The van der Waals surface area contributed by atoms with E-state index in [-0.39, 0.29) is 11.5 Å². The Kier molecular flexibility index (Phi) is 3.37. The van der Waals surface area contributed by atoms with Crippen LogP contribution in [-0.4, -0.2) is 16.0 Å². The van der Waals surface area contributed by atoms with Crippen LogP contribution in [0.1, 0.15) is 32.9 Å². The van der Waals surface area contributed by atoms with Crippen molar-refractivity contribution in [2.45, 2.75) is 20.8 Å². The molecule has 0 saturated heterocycles. The predicted octanol–water partition coefficient (Wildman–Crippen LogP) is 2.92. The van der Waals surface area contributed by atoms with Crippen LogP contribution in [0.2, 0.25) is 0 Å². The van der Waals surface area contributed by atoms with Crippen LogP contribution in [0.5, 0.6) is 0 Å². The molecule has 0 spiro atoms. The molecular weight excluding hydrogens is 276 g/mol.